The number of ether oxygens (including phenoxy) is 1. The second-order valence-electron chi connectivity index (χ2n) is 9.29. The van der Waals surface area contributed by atoms with Crippen molar-refractivity contribution in [2.45, 2.75) is 24.4 Å². The van der Waals surface area contributed by atoms with Crippen LogP contribution >= 0.6 is 23.8 Å². The molecule has 1 saturated heterocycles. The Labute approximate surface area is 223 Å². The molecule has 0 aromatic heterocycles. The summed E-state index contributed by atoms with van der Waals surface area (Å²) in [5.74, 6) is -2.84. The van der Waals surface area contributed by atoms with Crippen LogP contribution < -0.4 is 15.5 Å². The first-order chi connectivity index (χ1) is 17.9. The lowest BCUT2D eigenvalue weighted by atomic mass is 9.65. The van der Waals surface area contributed by atoms with Gasteiger partial charge in [0.05, 0.1) is 23.8 Å². The summed E-state index contributed by atoms with van der Waals surface area (Å²) in [4.78, 5) is 43.9. The van der Waals surface area contributed by atoms with E-state index >= 15 is 0 Å². The lowest BCUT2D eigenvalue weighted by Gasteiger charge is -2.33. The molecule has 3 aromatic rings. The van der Waals surface area contributed by atoms with Crippen LogP contribution in [0.25, 0.3) is 0 Å². The van der Waals surface area contributed by atoms with Gasteiger partial charge in [-0.3, -0.25) is 14.4 Å². The van der Waals surface area contributed by atoms with E-state index in [2.05, 4.69) is 10.6 Å². The Morgan fingerprint density at radius 3 is 2.54 bits per heavy atom. The number of hydrogen-bond donors (Lipinski definition) is 2. The van der Waals surface area contributed by atoms with Gasteiger partial charge in [0.15, 0.2) is 5.54 Å². The van der Waals surface area contributed by atoms with Crippen LogP contribution in [-0.4, -0.2) is 29.4 Å². The molecule has 1 fully saturated rings. The summed E-state index contributed by atoms with van der Waals surface area (Å²) in [6.45, 7) is 2.05. The van der Waals surface area contributed by atoms with Gasteiger partial charge in [0.25, 0.3) is 5.91 Å². The number of thiocarbonyl (C=S) groups is 1. The third-order valence-corrected chi connectivity index (χ3v) is 8.11. The maximum atomic E-state index is 14.5. The number of fused-ring (bicyclic) bond motifs is 4. The minimum absolute atomic E-state index is 0.0763. The van der Waals surface area contributed by atoms with Crippen molar-refractivity contribution in [1.82, 2.24) is 5.32 Å². The monoisotopic (exact) mass is 531 g/mol. The number of rotatable bonds is 4. The minimum Gasteiger partial charge on any atom is -0.466 e. The van der Waals surface area contributed by atoms with Gasteiger partial charge in [-0.05, 0) is 36.2 Å². The molecule has 3 atom stereocenters. The van der Waals surface area contributed by atoms with Crippen molar-refractivity contribution in [3.8, 4) is 0 Å². The molecule has 37 heavy (non-hydrogen) atoms. The largest absolute Gasteiger partial charge is 0.466 e. The number of nitrogens with zero attached hydrogens (tertiary/aromatic N) is 1. The fourth-order valence-corrected chi connectivity index (χ4v) is 6.66. The summed E-state index contributed by atoms with van der Waals surface area (Å²) in [7, 11) is 0. The van der Waals surface area contributed by atoms with Crippen molar-refractivity contribution in [2.75, 3.05) is 16.8 Å². The molecule has 6 rings (SSSR count). The number of nitrogens with one attached hydrogen (secondary N) is 2. The molecule has 0 saturated carbocycles. The van der Waals surface area contributed by atoms with E-state index in [0.29, 0.717) is 27.5 Å². The third-order valence-electron chi connectivity index (χ3n) is 7.46. The fourth-order valence-electron chi connectivity index (χ4n) is 6.01. The van der Waals surface area contributed by atoms with Gasteiger partial charge >= 0.3 is 5.97 Å². The number of carbonyl (C=O) groups excluding carboxylic acids is 3. The summed E-state index contributed by atoms with van der Waals surface area (Å²) < 4.78 is 5.54. The number of hydrogen-bond acceptors (Lipinski definition) is 5. The molecule has 0 aliphatic carbocycles. The zero-order valence-electron chi connectivity index (χ0n) is 19.8. The molecule has 3 heterocycles. The summed E-state index contributed by atoms with van der Waals surface area (Å²) in [5.41, 5.74) is -0.199. The number of amides is 2. The summed E-state index contributed by atoms with van der Waals surface area (Å²) in [6.07, 6.45) is 0. The molecular formula is C28H22ClN3O4S. The average molecular weight is 532 g/mol. The van der Waals surface area contributed by atoms with Gasteiger partial charge in [-0.15, -0.1) is 0 Å². The first-order valence-corrected chi connectivity index (χ1v) is 12.7. The van der Waals surface area contributed by atoms with Crippen LogP contribution in [0.5, 0.6) is 0 Å². The summed E-state index contributed by atoms with van der Waals surface area (Å²) in [6, 6.07) is 21.8. The molecular weight excluding hydrogens is 510 g/mol. The van der Waals surface area contributed by atoms with Crippen molar-refractivity contribution >= 4 is 58.0 Å². The van der Waals surface area contributed by atoms with Crippen LogP contribution in [0, 0.1) is 5.92 Å². The molecule has 3 aliphatic rings. The van der Waals surface area contributed by atoms with E-state index in [1.807, 2.05) is 42.5 Å². The molecule has 3 aliphatic heterocycles. The first-order valence-electron chi connectivity index (χ1n) is 11.9. The Morgan fingerprint density at radius 1 is 1.05 bits per heavy atom. The molecule has 0 radical (unpaired) electrons. The molecule has 3 aromatic carbocycles. The molecule has 7 nitrogen and oxygen atoms in total. The Hall–Kier alpha value is -3.75. The highest BCUT2D eigenvalue weighted by molar-refractivity contribution is 7.80. The van der Waals surface area contributed by atoms with Crippen molar-refractivity contribution < 1.29 is 19.1 Å². The molecule has 2 spiro atoms. The summed E-state index contributed by atoms with van der Waals surface area (Å²) in [5, 5.41) is 6.47. The zero-order chi connectivity index (χ0) is 25.9. The zero-order valence-corrected chi connectivity index (χ0v) is 21.4. The Bertz CT molecular complexity index is 1500. The van der Waals surface area contributed by atoms with Crippen molar-refractivity contribution in [3.05, 3.63) is 94.5 Å². The van der Waals surface area contributed by atoms with Crippen LogP contribution in [0.2, 0.25) is 5.02 Å². The van der Waals surface area contributed by atoms with Crippen molar-refractivity contribution in [2.24, 2.45) is 5.92 Å². The normalized spacial score (nSPS) is 25.3. The van der Waals surface area contributed by atoms with E-state index in [1.54, 1.807) is 42.2 Å². The van der Waals surface area contributed by atoms with Crippen molar-refractivity contribution in [1.29, 1.82) is 0 Å². The fraction of sp³-hybridized carbons (Fsp3) is 0.214. The number of para-hydroxylation sites is 1. The van der Waals surface area contributed by atoms with Crippen LogP contribution in [0.1, 0.15) is 23.6 Å². The van der Waals surface area contributed by atoms with E-state index < -0.39 is 28.7 Å². The Morgan fingerprint density at radius 2 is 1.78 bits per heavy atom. The van der Waals surface area contributed by atoms with Crippen molar-refractivity contribution in [3.63, 3.8) is 0 Å². The quantitative estimate of drug-likeness (QED) is 0.389. The number of esters is 1. The van der Waals surface area contributed by atoms with Gasteiger partial charge in [-0.25, -0.2) is 0 Å². The Kier molecular flexibility index (Phi) is 5.36. The number of halogens is 1. The van der Waals surface area contributed by atoms with Gasteiger partial charge in [0, 0.05) is 16.3 Å². The van der Waals surface area contributed by atoms with Gasteiger partial charge in [-0.2, -0.15) is 0 Å². The van der Waals surface area contributed by atoms with Crippen LogP contribution in [0.4, 0.5) is 11.4 Å². The lowest BCUT2D eigenvalue weighted by molar-refractivity contribution is -0.156. The SMILES string of the molecule is CCOC(=O)C1C2(NC(=S)C13C(=O)Nc1cc(Cl)ccc13)C(=O)N(Cc1ccccc1)c1ccccc12. The molecule has 9 heteroatoms. The van der Waals surface area contributed by atoms with Crippen LogP contribution in [0.3, 0.4) is 0 Å². The van der Waals surface area contributed by atoms with E-state index in [-0.39, 0.29) is 24.0 Å². The molecule has 2 N–H and O–H groups in total. The molecule has 3 unspecified atom stereocenters. The maximum Gasteiger partial charge on any atom is 0.314 e. The van der Waals surface area contributed by atoms with Gasteiger partial charge in [-0.1, -0.05) is 78.4 Å². The smallest absolute Gasteiger partial charge is 0.314 e. The predicted molar refractivity (Wildman–Crippen MR) is 143 cm³/mol. The van der Waals surface area contributed by atoms with E-state index in [9.17, 15) is 14.4 Å². The maximum absolute atomic E-state index is 14.5. The second-order valence-corrected chi connectivity index (χ2v) is 10.1. The van der Waals surface area contributed by atoms with E-state index in [0.717, 1.165) is 5.56 Å². The standard InChI is InChI=1S/C28H22ClN3O4S/c1-2-36-23(33)22-27(18-13-12-17(29)14-20(18)30-24(27)34)25(37)31-28(22)19-10-6-7-11-21(19)32(26(28)35)15-16-8-4-3-5-9-16/h3-14,22H,2,15H2,1H3,(H,30,34)(H,31,37). The summed E-state index contributed by atoms with van der Waals surface area (Å²) >= 11 is 12.0. The van der Waals surface area contributed by atoms with Gasteiger partial charge < -0.3 is 20.3 Å². The number of carbonyl (C=O) groups is 3. The van der Waals surface area contributed by atoms with Crippen LogP contribution in [-0.2, 0) is 36.6 Å². The second kappa shape index (κ2) is 8.39. The van der Waals surface area contributed by atoms with Crippen LogP contribution in [0.15, 0.2) is 72.8 Å². The highest BCUT2D eigenvalue weighted by Crippen LogP contribution is 2.59. The Balaban J connectivity index is 1.59. The number of benzene rings is 3. The predicted octanol–water partition coefficient (Wildman–Crippen LogP) is 4.08. The van der Waals surface area contributed by atoms with Gasteiger partial charge in [0.2, 0.25) is 5.91 Å². The topological polar surface area (TPSA) is 87.7 Å². The highest BCUT2D eigenvalue weighted by Gasteiger charge is 2.76. The molecule has 0 bridgehead atoms. The molecule has 2 amide bonds. The first kappa shape index (κ1) is 23.6. The molecule has 186 valence electrons. The highest BCUT2D eigenvalue weighted by atomic mass is 35.5. The van der Waals surface area contributed by atoms with Gasteiger partial charge in [0.1, 0.15) is 11.3 Å². The average Bonchev–Trinajstić information content (AvgIpc) is 3.42. The van der Waals surface area contributed by atoms with E-state index in [4.69, 9.17) is 28.6 Å². The third kappa shape index (κ3) is 3.06. The number of anilines is 2. The minimum atomic E-state index is -1.65. The van der Waals surface area contributed by atoms with E-state index in [1.165, 1.54) is 0 Å². The lowest BCUT2D eigenvalue weighted by Crippen LogP contribution is -2.56.